The van der Waals surface area contributed by atoms with Gasteiger partial charge in [0.2, 0.25) is 23.6 Å². The SMILES string of the molecule is CC#N.COc1ccc(CC(=O)NCC(c2ccccc2Cl)N2CCOCC2)cc1.COc1ccc(CC(=O)NCC(c2ccccc2Cl)N2CCOCC2)cc1.COc1ccc(CC(=O)NCC(c2ccccc2Cl)N2CCOCC2)cc1.COc1ccc(CC(=O)NCC(c2ccccc2Cl)N2CCOCC2)cc1.Cl.Cl.Cl.Cl. The first-order chi connectivity index (χ1) is 54.1. The molecular formula is C86H107Cl8N9O12. The zero-order valence-electron chi connectivity index (χ0n) is 65.5. The van der Waals surface area contributed by atoms with E-state index < -0.39 is 0 Å². The van der Waals surface area contributed by atoms with Crippen LogP contribution < -0.4 is 40.2 Å². The van der Waals surface area contributed by atoms with E-state index in [9.17, 15) is 19.2 Å². The van der Waals surface area contributed by atoms with Gasteiger partial charge in [-0.05, 0) is 117 Å². The standard InChI is InChI=1S/4C21H25ClN2O3.C2H3N.4ClH/c4*1-26-17-8-6-16(7-9-17)14-21(25)23-15-20(24-10-12-27-13-11-24)18-4-2-3-5-19(18)22;1-2-3;;;;/h4*2-9,20H,10-15H2,1H3,(H,23,25);1H3;4*1H. The molecule has 4 unspecified atom stereocenters. The van der Waals surface area contributed by atoms with E-state index in [-0.39, 0.29) is 97.4 Å². The molecule has 21 nitrogen and oxygen atoms in total. The second-order valence-electron chi connectivity index (χ2n) is 26.3. The Hall–Kier alpha value is -7.67. The molecule has 4 aliphatic heterocycles. The Labute approximate surface area is 722 Å². The number of nitrogens with one attached hydrogen (secondary N) is 4. The van der Waals surface area contributed by atoms with E-state index in [1.807, 2.05) is 194 Å². The van der Waals surface area contributed by atoms with Crippen LogP contribution in [0.5, 0.6) is 23.0 Å². The zero-order chi connectivity index (χ0) is 79.0. The van der Waals surface area contributed by atoms with Crippen molar-refractivity contribution < 1.29 is 57.1 Å². The van der Waals surface area contributed by atoms with Gasteiger partial charge in [-0.2, -0.15) is 5.26 Å². The van der Waals surface area contributed by atoms with Gasteiger partial charge < -0.3 is 59.2 Å². The summed E-state index contributed by atoms with van der Waals surface area (Å²) in [6.07, 6.45) is 1.34. The summed E-state index contributed by atoms with van der Waals surface area (Å²) < 4.78 is 42.5. The molecule has 8 aromatic rings. The molecule has 0 bridgehead atoms. The largest absolute Gasteiger partial charge is 0.497 e. The number of morpholine rings is 4. The lowest BCUT2D eigenvalue weighted by Gasteiger charge is -2.35. The molecule has 0 saturated carbocycles. The van der Waals surface area contributed by atoms with Crippen LogP contribution in [0.3, 0.4) is 0 Å². The molecule has 0 spiro atoms. The number of carbonyl (C=O) groups is 4. The molecule has 0 aromatic heterocycles. The van der Waals surface area contributed by atoms with Crippen LogP contribution in [0.4, 0.5) is 0 Å². The van der Waals surface area contributed by atoms with Crippen LogP contribution in [-0.4, -0.2) is 203 Å². The summed E-state index contributed by atoms with van der Waals surface area (Å²) in [5.74, 6) is 3.10. The highest BCUT2D eigenvalue weighted by Crippen LogP contribution is 2.33. The van der Waals surface area contributed by atoms with Crippen molar-refractivity contribution in [2.75, 3.05) is 160 Å². The first kappa shape index (κ1) is 99.7. The van der Waals surface area contributed by atoms with Gasteiger partial charge in [-0.1, -0.05) is 168 Å². The fourth-order valence-electron chi connectivity index (χ4n) is 13.1. The Morgan fingerprint density at radius 1 is 0.330 bits per heavy atom. The van der Waals surface area contributed by atoms with Crippen molar-refractivity contribution in [1.29, 1.82) is 5.26 Å². The number of nitrogens with zero attached hydrogens (tertiary/aromatic N) is 5. The Balaban J connectivity index is 0.000000315. The monoisotopic (exact) mass is 1740 g/mol. The molecule has 0 radical (unpaired) electrons. The summed E-state index contributed by atoms with van der Waals surface area (Å²) in [7, 11) is 6.51. The first-order valence-corrected chi connectivity index (χ1v) is 38.8. The van der Waals surface area contributed by atoms with E-state index in [0.717, 1.165) is 140 Å². The van der Waals surface area contributed by atoms with Gasteiger partial charge in [0.25, 0.3) is 0 Å². The molecular weight excluding hydrogens is 1630 g/mol. The number of nitriles is 1. The molecule has 29 heteroatoms. The Kier molecular flexibility index (Phi) is 48.4. The highest BCUT2D eigenvalue weighted by atomic mass is 35.5. The molecule has 4 heterocycles. The first-order valence-electron chi connectivity index (χ1n) is 37.2. The van der Waals surface area contributed by atoms with Crippen molar-refractivity contribution >= 4 is 120 Å². The number of carbonyl (C=O) groups excluding carboxylic acids is 4. The minimum absolute atomic E-state index is 0. The fraction of sp³-hybridized carbons (Fsp3) is 0.384. The Morgan fingerprint density at radius 2 is 0.496 bits per heavy atom. The van der Waals surface area contributed by atoms with Crippen molar-refractivity contribution in [3.05, 3.63) is 259 Å². The lowest BCUT2D eigenvalue weighted by molar-refractivity contribution is -0.121. The number of ether oxygens (including phenoxy) is 8. The van der Waals surface area contributed by atoms with Crippen molar-refractivity contribution in [2.24, 2.45) is 0 Å². The zero-order valence-corrected chi connectivity index (χ0v) is 71.8. The summed E-state index contributed by atoms with van der Waals surface area (Å²) in [5.41, 5.74) is 7.94. The Morgan fingerprint density at radius 3 is 0.652 bits per heavy atom. The van der Waals surface area contributed by atoms with Crippen LogP contribution in [0.2, 0.25) is 20.1 Å². The molecule has 4 fully saturated rings. The molecule has 4 amide bonds. The van der Waals surface area contributed by atoms with Gasteiger partial charge in [0.15, 0.2) is 0 Å². The van der Waals surface area contributed by atoms with E-state index >= 15 is 0 Å². The minimum atomic E-state index is -0.00881. The van der Waals surface area contributed by atoms with Crippen molar-refractivity contribution in [3.63, 3.8) is 0 Å². The molecule has 4 aliphatic rings. The van der Waals surface area contributed by atoms with Gasteiger partial charge in [0.05, 0.1) is 137 Å². The second kappa shape index (κ2) is 55.9. The molecule has 4 N–H and O–H groups in total. The van der Waals surface area contributed by atoms with Crippen LogP contribution in [0.25, 0.3) is 0 Å². The second-order valence-corrected chi connectivity index (χ2v) is 27.9. The van der Waals surface area contributed by atoms with Crippen molar-refractivity contribution in [3.8, 4) is 29.1 Å². The number of amides is 4. The third-order valence-corrected chi connectivity index (χ3v) is 20.4. The van der Waals surface area contributed by atoms with E-state index in [1.165, 1.54) is 6.92 Å². The maximum absolute atomic E-state index is 12.5. The minimum Gasteiger partial charge on any atom is -0.497 e. The lowest BCUT2D eigenvalue weighted by atomic mass is 10.0. The summed E-state index contributed by atoms with van der Waals surface area (Å²) in [4.78, 5) is 59.1. The third kappa shape index (κ3) is 34.1. The molecule has 12 rings (SSSR count). The molecule has 624 valence electrons. The predicted molar refractivity (Wildman–Crippen MR) is 465 cm³/mol. The fourth-order valence-corrected chi connectivity index (χ4v) is 14.1. The average Bonchev–Trinajstić information content (AvgIpc) is 0.844. The number of rotatable bonds is 28. The van der Waals surface area contributed by atoms with Crippen LogP contribution in [0, 0.1) is 11.3 Å². The average molecular weight is 1740 g/mol. The smallest absolute Gasteiger partial charge is 0.224 e. The van der Waals surface area contributed by atoms with E-state index in [2.05, 4.69) is 40.9 Å². The van der Waals surface area contributed by atoms with Crippen LogP contribution >= 0.6 is 96.0 Å². The lowest BCUT2D eigenvalue weighted by Crippen LogP contribution is -2.44. The van der Waals surface area contributed by atoms with E-state index in [0.29, 0.717) is 105 Å². The maximum Gasteiger partial charge on any atom is 0.224 e. The van der Waals surface area contributed by atoms with Gasteiger partial charge >= 0.3 is 0 Å². The topological polar surface area (TPSA) is 227 Å². The van der Waals surface area contributed by atoms with Gasteiger partial charge in [-0.3, -0.25) is 38.8 Å². The maximum atomic E-state index is 12.5. The highest BCUT2D eigenvalue weighted by molar-refractivity contribution is 6.32. The van der Waals surface area contributed by atoms with Crippen LogP contribution in [0.1, 0.15) is 75.6 Å². The number of hydrogen-bond donors (Lipinski definition) is 4. The number of halogens is 8. The van der Waals surface area contributed by atoms with Crippen molar-refractivity contribution in [2.45, 2.75) is 56.8 Å². The van der Waals surface area contributed by atoms with Crippen LogP contribution in [-0.2, 0) is 63.8 Å². The number of benzene rings is 8. The van der Waals surface area contributed by atoms with E-state index in [4.69, 9.17) is 89.6 Å². The molecule has 8 aromatic carbocycles. The summed E-state index contributed by atoms with van der Waals surface area (Å²) in [6, 6.07) is 63.3. The summed E-state index contributed by atoms with van der Waals surface area (Å²) in [5, 5.41) is 22.5. The summed E-state index contributed by atoms with van der Waals surface area (Å²) in [6.45, 7) is 15.6. The van der Waals surface area contributed by atoms with Gasteiger partial charge in [-0.15, -0.1) is 49.6 Å². The van der Waals surface area contributed by atoms with E-state index in [1.54, 1.807) is 34.5 Å². The third-order valence-electron chi connectivity index (χ3n) is 19.1. The summed E-state index contributed by atoms with van der Waals surface area (Å²) >= 11 is 25.7. The normalized spacial score (nSPS) is 15.0. The quantitative estimate of drug-likeness (QED) is 0.0357. The highest BCUT2D eigenvalue weighted by Gasteiger charge is 2.30. The van der Waals surface area contributed by atoms with Gasteiger partial charge in [0.1, 0.15) is 23.0 Å². The van der Waals surface area contributed by atoms with Gasteiger partial charge in [-0.25, -0.2) is 0 Å². The number of hydrogen-bond acceptors (Lipinski definition) is 17. The number of methoxy groups -OCH3 is 4. The molecule has 4 saturated heterocycles. The molecule has 0 aliphatic carbocycles. The molecule has 115 heavy (non-hydrogen) atoms. The predicted octanol–water partition coefficient (Wildman–Crippen LogP) is 14.5. The Bertz CT molecular complexity index is 3620. The molecule has 4 atom stereocenters. The van der Waals surface area contributed by atoms with Gasteiger partial charge in [0, 0.05) is 106 Å². The van der Waals surface area contributed by atoms with Crippen molar-refractivity contribution in [1.82, 2.24) is 40.9 Å². The van der Waals surface area contributed by atoms with Crippen LogP contribution in [0.15, 0.2) is 194 Å².